The normalized spacial score (nSPS) is 17.5. The molecular weight excluding hydrogens is 256 g/mol. The minimum absolute atomic E-state index is 0.324. The summed E-state index contributed by atoms with van der Waals surface area (Å²) < 4.78 is 6.32. The highest BCUT2D eigenvalue weighted by Gasteiger charge is 2.31. The summed E-state index contributed by atoms with van der Waals surface area (Å²) in [5, 5.41) is 9.99. The number of rotatable bonds is 4. The smallest absolute Gasteiger partial charge is 0.120 e. The number of hydrogen-bond acceptors (Lipinski definition) is 2. The van der Waals surface area contributed by atoms with Gasteiger partial charge >= 0.3 is 0 Å². The van der Waals surface area contributed by atoms with Crippen LogP contribution < -0.4 is 4.74 Å². The molecule has 0 radical (unpaired) electrons. The van der Waals surface area contributed by atoms with Crippen molar-refractivity contribution < 1.29 is 9.84 Å². The maximum Gasteiger partial charge on any atom is 0.120 e. The van der Waals surface area contributed by atoms with E-state index in [1.165, 1.54) is 0 Å². The van der Waals surface area contributed by atoms with E-state index in [0.29, 0.717) is 12.5 Å². The van der Waals surface area contributed by atoms with Crippen molar-refractivity contribution >= 4 is 15.9 Å². The molecule has 1 unspecified atom stereocenters. The summed E-state index contributed by atoms with van der Waals surface area (Å²) in [6.07, 6.45) is 1.96. The van der Waals surface area contributed by atoms with Gasteiger partial charge in [0.15, 0.2) is 0 Å². The van der Waals surface area contributed by atoms with Crippen LogP contribution >= 0.6 is 15.9 Å². The van der Waals surface area contributed by atoms with E-state index in [1.54, 1.807) is 0 Å². The van der Waals surface area contributed by atoms with Crippen LogP contribution in [0, 0.1) is 5.92 Å². The second-order valence-electron chi connectivity index (χ2n) is 3.90. The SMILES string of the molecule is CCOc1ccc(C(O)C2CC2)c(Br)c1. The lowest BCUT2D eigenvalue weighted by Gasteiger charge is -2.13. The predicted octanol–water partition coefficient (Wildman–Crippen LogP) is 3.29. The number of aliphatic hydroxyl groups excluding tert-OH is 1. The van der Waals surface area contributed by atoms with Crippen LogP contribution in [-0.2, 0) is 0 Å². The van der Waals surface area contributed by atoms with Crippen molar-refractivity contribution in [2.45, 2.75) is 25.9 Å². The first-order valence-corrected chi connectivity index (χ1v) is 6.12. The van der Waals surface area contributed by atoms with Crippen molar-refractivity contribution in [2.75, 3.05) is 6.61 Å². The van der Waals surface area contributed by atoms with E-state index in [9.17, 15) is 5.11 Å². The highest BCUT2D eigenvalue weighted by atomic mass is 79.9. The van der Waals surface area contributed by atoms with E-state index in [1.807, 2.05) is 25.1 Å². The van der Waals surface area contributed by atoms with Crippen molar-refractivity contribution in [3.8, 4) is 5.75 Å². The molecule has 0 heterocycles. The molecule has 0 aliphatic heterocycles. The van der Waals surface area contributed by atoms with Gasteiger partial charge in [0, 0.05) is 4.47 Å². The van der Waals surface area contributed by atoms with Gasteiger partial charge in [-0.05, 0) is 43.4 Å². The molecule has 0 saturated heterocycles. The third-order valence-corrected chi connectivity index (χ3v) is 3.36. The quantitative estimate of drug-likeness (QED) is 0.910. The topological polar surface area (TPSA) is 29.5 Å². The van der Waals surface area contributed by atoms with Crippen molar-refractivity contribution in [1.82, 2.24) is 0 Å². The van der Waals surface area contributed by atoms with Crippen LogP contribution in [0.4, 0.5) is 0 Å². The Morgan fingerprint density at radius 1 is 1.53 bits per heavy atom. The van der Waals surface area contributed by atoms with Gasteiger partial charge in [-0.2, -0.15) is 0 Å². The average molecular weight is 271 g/mol. The molecule has 82 valence electrons. The van der Waals surface area contributed by atoms with Crippen molar-refractivity contribution in [3.63, 3.8) is 0 Å². The van der Waals surface area contributed by atoms with E-state index in [2.05, 4.69) is 15.9 Å². The van der Waals surface area contributed by atoms with Gasteiger partial charge in [-0.1, -0.05) is 22.0 Å². The molecule has 0 spiro atoms. The summed E-state index contributed by atoms with van der Waals surface area (Å²) in [5.74, 6) is 1.30. The van der Waals surface area contributed by atoms with Crippen LogP contribution in [0.15, 0.2) is 22.7 Å². The minimum atomic E-state index is -0.324. The largest absolute Gasteiger partial charge is 0.494 e. The van der Waals surface area contributed by atoms with Gasteiger partial charge in [0.1, 0.15) is 5.75 Å². The number of halogens is 1. The van der Waals surface area contributed by atoms with Gasteiger partial charge in [-0.25, -0.2) is 0 Å². The lowest BCUT2D eigenvalue weighted by molar-refractivity contribution is 0.153. The molecule has 15 heavy (non-hydrogen) atoms. The molecule has 0 bridgehead atoms. The Morgan fingerprint density at radius 2 is 2.27 bits per heavy atom. The first-order chi connectivity index (χ1) is 7.22. The Balaban J connectivity index is 2.17. The molecule has 2 nitrogen and oxygen atoms in total. The molecule has 3 heteroatoms. The standard InChI is InChI=1S/C12H15BrO2/c1-2-15-9-5-6-10(11(13)7-9)12(14)8-3-4-8/h5-8,12,14H,2-4H2,1H3. The van der Waals surface area contributed by atoms with Crippen LogP contribution in [0.25, 0.3) is 0 Å². The Hall–Kier alpha value is -0.540. The van der Waals surface area contributed by atoms with Gasteiger partial charge in [0.2, 0.25) is 0 Å². The zero-order valence-electron chi connectivity index (χ0n) is 8.74. The summed E-state index contributed by atoms with van der Waals surface area (Å²) in [4.78, 5) is 0. The maximum atomic E-state index is 9.99. The van der Waals surface area contributed by atoms with Crippen LogP contribution in [0.3, 0.4) is 0 Å². The Bertz CT molecular complexity index is 347. The Kier molecular flexibility index (Phi) is 3.32. The third kappa shape index (κ3) is 2.52. The number of aliphatic hydroxyl groups is 1. The van der Waals surface area contributed by atoms with E-state index >= 15 is 0 Å². The summed E-state index contributed by atoms with van der Waals surface area (Å²) in [6, 6.07) is 5.78. The predicted molar refractivity (Wildman–Crippen MR) is 63.0 cm³/mol. The fourth-order valence-electron chi connectivity index (χ4n) is 1.67. The van der Waals surface area contributed by atoms with Gasteiger partial charge in [-0.15, -0.1) is 0 Å². The van der Waals surface area contributed by atoms with Gasteiger partial charge in [0.05, 0.1) is 12.7 Å². The molecule has 1 aromatic carbocycles. The molecular formula is C12H15BrO2. The van der Waals surface area contributed by atoms with Crippen molar-refractivity contribution in [3.05, 3.63) is 28.2 Å². The number of benzene rings is 1. The van der Waals surface area contributed by atoms with Crippen LogP contribution in [0.1, 0.15) is 31.4 Å². The average Bonchev–Trinajstić information content (AvgIpc) is 3.01. The molecule has 1 fully saturated rings. The lowest BCUT2D eigenvalue weighted by Crippen LogP contribution is -2.01. The molecule has 1 atom stereocenters. The first kappa shape index (κ1) is 11.0. The summed E-state index contributed by atoms with van der Waals surface area (Å²) in [7, 11) is 0. The minimum Gasteiger partial charge on any atom is -0.494 e. The zero-order chi connectivity index (χ0) is 10.8. The zero-order valence-corrected chi connectivity index (χ0v) is 10.3. The van der Waals surface area contributed by atoms with E-state index in [0.717, 1.165) is 28.6 Å². The van der Waals surface area contributed by atoms with E-state index in [4.69, 9.17) is 4.74 Å². The fraction of sp³-hybridized carbons (Fsp3) is 0.500. The lowest BCUT2D eigenvalue weighted by atomic mass is 10.1. The summed E-state index contributed by atoms with van der Waals surface area (Å²) in [6.45, 7) is 2.62. The molecule has 1 aliphatic carbocycles. The molecule has 0 aromatic heterocycles. The monoisotopic (exact) mass is 270 g/mol. The maximum absolute atomic E-state index is 9.99. The second kappa shape index (κ2) is 4.54. The fourth-order valence-corrected chi connectivity index (χ4v) is 2.26. The highest BCUT2D eigenvalue weighted by Crippen LogP contribution is 2.43. The summed E-state index contributed by atoms with van der Waals surface area (Å²) in [5.41, 5.74) is 0.973. The number of hydrogen-bond donors (Lipinski definition) is 1. The molecule has 0 amide bonds. The van der Waals surface area contributed by atoms with Crippen molar-refractivity contribution in [1.29, 1.82) is 0 Å². The second-order valence-corrected chi connectivity index (χ2v) is 4.75. The highest BCUT2D eigenvalue weighted by molar-refractivity contribution is 9.10. The van der Waals surface area contributed by atoms with Crippen LogP contribution in [0.2, 0.25) is 0 Å². The van der Waals surface area contributed by atoms with Crippen LogP contribution in [-0.4, -0.2) is 11.7 Å². The van der Waals surface area contributed by atoms with E-state index in [-0.39, 0.29) is 6.10 Å². The van der Waals surface area contributed by atoms with Gasteiger partial charge in [0.25, 0.3) is 0 Å². The molecule has 1 aliphatic rings. The first-order valence-electron chi connectivity index (χ1n) is 5.32. The Morgan fingerprint density at radius 3 is 2.80 bits per heavy atom. The Labute approximate surface area is 98.4 Å². The van der Waals surface area contributed by atoms with Gasteiger partial charge in [-0.3, -0.25) is 0 Å². The van der Waals surface area contributed by atoms with E-state index < -0.39 is 0 Å². The molecule has 1 saturated carbocycles. The summed E-state index contributed by atoms with van der Waals surface area (Å²) >= 11 is 3.47. The molecule has 1 N–H and O–H groups in total. The molecule has 1 aromatic rings. The van der Waals surface area contributed by atoms with Gasteiger partial charge < -0.3 is 9.84 Å². The van der Waals surface area contributed by atoms with Crippen LogP contribution in [0.5, 0.6) is 5.75 Å². The number of ether oxygens (including phenoxy) is 1. The third-order valence-electron chi connectivity index (χ3n) is 2.67. The molecule has 2 rings (SSSR count). The van der Waals surface area contributed by atoms with Crippen molar-refractivity contribution in [2.24, 2.45) is 5.92 Å².